The lowest BCUT2D eigenvalue weighted by atomic mass is 10.2. The van der Waals surface area contributed by atoms with Crippen molar-refractivity contribution < 1.29 is 0 Å². The van der Waals surface area contributed by atoms with E-state index in [1.165, 1.54) is 0 Å². The first-order valence-corrected chi connectivity index (χ1v) is 6.40. The molecule has 0 amide bonds. The Hall–Kier alpha value is -1.57. The van der Waals surface area contributed by atoms with Gasteiger partial charge in [0.1, 0.15) is 6.07 Å². The molecule has 5 heteroatoms. The second-order valence-corrected chi connectivity index (χ2v) is 4.98. The van der Waals surface area contributed by atoms with E-state index in [0.29, 0.717) is 17.1 Å². The standard InChI is InChI=1S/C13H9BrClN3/c14-10-2-4-12(17-7-10)8-18-13-5-11(15)3-1-9(13)6-16/h1-5,7,18H,8H2. The Morgan fingerprint density at radius 1 is 1.33 bits per heavy atom. The molecule has 0 bridgehead atoms. The average molecular weight is 323 g/mol. The smallest absolute Gasteiger partial charge is 0.101 e. The minimum Gasteiger partial charge on any atom is -0.378 e. The predicted molar refractivity (Wildman–Crippen MR) is 75.4 cm³/mol. The molecule has 0 aliphatic carbocycles. The third-order valence-corrected chi connectivity index (χ3v) is 3.05. The van der Waals surface area contributed by atoms with Crippen LogP contribution in [-0.4, -0.2) is 4.98 Å². The van der Waals surface area contributed by atoms with E-state index in [1.54, 1.807) is 24.4 Å². The van der Waals surface area contributed by atoms with Gasteiger partial charge in [0.25, 0.3) is 0 Å². The highest BCUT2D eigenvalue weighted by Crippen LogP contribution is 2.21. The first-order chi connectivity index (χ1) is 8.69. The van der Waals surface area contributed by atoms with E-state index >= 15 is 0 Å². The van der Waals surface area contributed by atoms with Crippen molar-refractivity contribution in [3.8, 4) is 6.07 Å². The maximum Gasteiger partial charge on any atom is 0.101 e. The lowest BCUT2D eigenvalue weighted by Crippen LogP contribution is -2.02. The van der Waals surface area contributed by atoms with Crippen LogP contribution < -0.4 is 5.32 Å². The van der Waals surface area contributed by atoms with Crippen molar-refractivity contribution in [2.75, 3.05) is 5.32 Å². The number of nitriles is 1. The van der Waals surface area contributed by atoms with Crippen LogP contribution >= 0.6 is 27.5 Å². The van der Waals surface area contributed by atoms with Gasteiger partial charge in [0, 0.05) is 15.7 Å². The maximum absolute atomic E-state index is 8.99. The van der Waals surface area contributed by atoms with Crippen LogP contribution in [-0.2, 0) is 6.54 Å². The second-order valence-electron chi connectivity index (χ2n) is 3.62. The number of pyridine rings is 1. The third-order valence-electron chi connectivity index (χ3n) is 2.35. The number of nitrogens with zero attached hydrogens (tertiary/aromatic N) is 2. The van der Waals surface area contributed by atoms with Crippen molar-refractivity contribution in [3.05, 3.63) is 57.3 Å². The zero-order valence-corrected chi connectivity index (χ0v) is 11.7. The molecule has 0 aliphatic rings. The van der Waals surface area contributed by atoms with Gasteiger partial charge in [-0.2, -0.15) is 5.26 Å². The van der Waals surface area contributed by atoms with Crippen LogP contribution in [0.2, 0.25) is 5.02 Å². The molecular weight excluding hydrogens is 314 g/mol. The van der Waals surface area contributed by atoms with E-state index in [1.807, 2.05) is 12.1 Å². The number of rotatable bonds is 3. The molecule has 0 radical (unpaired) electrons. The second kappa shape index (κ2) is 5.85. The quantitative estimate of drug-likeness (QED) is 0.930. The van der Waals surface area contributed by atoms with Gasteiger partial charge in [-0.05, 0) is 46.3 Å². The first-order valence-electron chi connectivity index (χ1n) is 5.23. The fourth-order valence-corrected chi connectivity index (χ4v) is 1.86. The molecule has 1 N–H and O–H groups in total. The molecule has 18 heavy (non-hydrogen) atoms. The normalized spacial score (nSPS) is 9.83. The summed E-state index contributed by atoms with van der Waals surface area (Å²) in [5, 5.41) is 12.7. The summed E-state index contributed by atoms with van der Waals surface area (Å²) >= 11 is 9.24. The van der Waals surface area contributed by atoms with Gasteiger partial charge in [0.05, 0.1) is 23.5 Å². The number of halogens is 2. The number of benzene rings is 1. The van der Waals surface area contributed by atoms with Gasteiger partial charge in [0.15, 0.2) is 0 Å². The molecule has 2 rings (SSSR count). The Morgan fingerprint density at radius 2 is 2.17 bits per heavy atom. The van der Waals surface area contributed by atoms with Crippen LogP contribution in [0, 0.1) is 11.3 Å². The molecule has 1 aromatic carbocycles. The van der Waals surface area contributed by atoms with Crippen LogP contribution in [0.1, 0.15) is 11.3 Å². The van der Waals surface area contributed by atoms with Crippen LogP contribution in [0.5, 0.6) is 0 Å². The molecule has 0 saturated carbocycles. The summed E-state index contributed by atoms with van der Waals surface area (Å²) in [5.74, 6) is 0. The number of anilines is 1. The van der Waals surface area contributed by atoms with Gasteiger partial charge in [-0.1, -0.05) is 11.6 Å². The van der Waals surface area contributed by atoms with Gasteiger partial charge in [-0.15, -0.1) is 0 Å². The van der Waals surface area contributed by atoms with Crippen LogP contribution in [0.25, 0.3) is 0 Å². The van der Waals surface area contributed by atoms with Crippen molar-refractivity contribution in [1.82, 2.24) is 4.98 Å². The van der Waals surface area contributed by atoms with E-state index in [0.717, 1.165) is 15.9 Å². The molecule has 1 aromatic heterocycles. The van der Waals surface area contributed by atoms with E-state index in [-0.39, 0.29) is 0 Å². The highest BCUT2D eigenvalue weighted by Gasteiger charge is 2.03. The zero-order valence-electron chi connectivity index (χ0n) is 9.32. The number of nitrogens with one attached hydrogen (secondary N) is 1. The Bertz CT molecular complexity index is 590. The molecule has 90 valence electrons. The summed E-state index contributed by atoms with van der Waals surface area (Å²) in [6, 6.07) is 11.1. The fraction of sp³-hybridized carbons (Fsp3) is 0.0769. The lowest BCUT2D eigenvalue weighted by Gasteiger charge is -2.08. The molecule has 0 aliphatic heterocycles. The number of hydrogen-bond donors (Lipinski definition) is 1. The summed E-state index contributed by atoms with van der Waals surface area (Å²) in [4.78, 5) is 4.25. The Kier molecular flexibility index (Phi) is 4.19. The average Bonchev–Trinajstić information content (AvgIpc) is 2.38. The summed E-state index contributed by atoms with van der Waals surface area (Å²) in [6.45, 7) is 0.544. The minimum absolute atomic E-state index is 0.544. The largest absolute Gasteiger partial charge is 0.378 e. The summed E-state index contributed by atoms with van der Waals surface area (Å²) < 4.78 is 0.937. The van der Waals surface area contributed by atoms with E-state index in [4.69, 9.17) is 16.9 Å². The Balaban J connectivity index is 2.13. The van der Waals surface area contributed by atoms with E-state index < -0.39 is 0 Å². The first kappa shape index (κ1) is 12.9. The minimum atomic E-state index is 0.544. The number of hydrogen-bond acceptors (Lipinski definition) is 3. The maximum atomic E-state index is 8.99. The van der Waals surface area contributed by atoms with Gasteiger partial charge < -0.3 is 5.32 Å². The molecular formula is C13H9BrClN3. The fourth-order valence-electron chi connectivity index (χ4n) is 1.46. The van der Waals surface area contributed by atoms with Crippen LogP contribution in [0.4, 0.5) is 5.69 Å². The molecule has 2 aromatic rings. The SMILES string of the molecule is N#Cc1ccc(Cl)cc1NCc1ccc(Br)cn1. The van der Waals surface area contributed by atoms with Gasteiger partial charge in [-0.25, -0.2) is 0 Å². The molecule has 0 atom stereocenters. The van der Waals surface area contributed by atoms with Gasteiger partial charge >= 0.3 is 0 Å². The zero-order chi connectivity index (χ0) is 13.0. The van der Waals surface area contributed by atoms with Crippen molar-refractivity contribution in [2.24, 2.45) is 0 Å². The molecule has 1 heterocycles. The summed E-state index contributed by atoms with van der Waals surface area (Å²) in [7, 11) is 0. The highest BCUT2D eigenvalue weighted by molar-refractivity contribution is 9.10. The number of aromatic nitrogens is 1. The molecule has 0 fully saturated rings. The van der Waals surface area contributed by atoms with Gasteiger partial charge in [-0.3, -0.25) is 4.98 Å². The predicted octanol–water partition coefficient (Wildman–Crippen LogP) is 3.98. The highest BCUT2D eigenvalue weighted by atomic mass is 79.9. The van der Waals surface area contributed by atoms with Crippen LogP contribution in [0.15, 0.2) is 41.0 Å². The van der Waals surface area contributed by atoms with Crippen molar-refractivity contribution in [1.29, 1.82) is 5.26 Å². The Morgan fingerprint density at radius 3 is 2.83 bits per heavy atom. The molecule has 0 spiro atoms. The third kappa shape index (κ3) is 3.22. The monoisotopic (exact) mass is 321 g/mol. The van der Waals surface area contributed by atoms with Crippen molar-refractivity contribution in [2.45, 2.75) is 6.54 Å². The van der Waals surface area contributed by atoms with Crippen LogP contribution in [0.3, 0.4) is 0 Å². The van der Waals surface area contributed by atoms with Gasteiger partial charge in [0.2, 0.25) is 0 Å². The topological polar surface area (TPSA) is 48.7 Å². The summed E-state index contributed by atoms with van der Waals surface area (Å²) in [5.41, 5.74) is 2.17. The van der Waals surface area contributed by atoms with E-state index in [9.17, 15) is 0 Å². The van der Waals surface area contributed by atoms with Crippen molar-refractivity contribution in [3.63, 3.8) is 0 Å². The molecule has 0 unspecified atom stereocenters. The molecule has 0 saturated heterocycles. The molecule has 3 nitrogen and oxygen atoms in total. The summed E-state index contributed by atoms with van der Waals surface area (Å²) in [6.07, 6.45) is 1.74. The lowest BCUT2D eigenvalue weighted by molar-refractivity contribution is 1.04. The van der Waals surface area contributed by atoms with E-state index in [2.05, 4.69) is 32.3 Å². The van der Waals surface area contributed by atoms with Crippen molar-refractivity contribution >= 4 is 33.2 Å². The Labute approximate surface area is 119 Å².